The average molecular weight is 395 g/mol. The van der Waals surface area contributed by atoms with Gasteiger partial charge in [0.15, 0.2) is 0 Å². The highest BCUT2D eigenvalue weighted by atomic mass is 19.1. The maximum Gasteiger partial charge on any atom is 0.410 e. The number of fused-ring (bicyclic) bond motifs is 2. The van der Waals surface area contributed by atoms with Gasteiger partial charge in [0.25, 0.3) is 0 Å². The van der Waals surface area contributed by atoms with Crippen LogP contribution in [0.3, 0.4) is 0 Å². The fourth-order valence-corrected chi connectivity index (χ4v) is 3.90. The third kappa shape index (κ3) is 3.41. The molecule has 2 aliphatic rings. The summed E-state index contributed by atoms with van der Waals surface area (Å²) in [7, 11) is 0. The van der Waals surface area contributed by atoms with Crippen molar-refractivity contribution in [1.82, 2.24) is 4.90 Å². The molecule has 3 amide bonds. The second-order valence-corrected chi connectivity index (χ2v) is 8.19. The summed E-state index contributed by atoms with van der Waals surface area (Å²) in [6, 6.07) is 1.76. The molecule has 1 aromatic rings. The van der Waals surface area contributed by atoms with Gasteiger partial charge >= 0.3 is 6.09 Å². The minimum Gasteiger partial charge on any atom is -0.444 e. The molecule has 28 heavy (non-hydrogen) atoms. The van der Waals surface area contributed by atoms with E-state index >= 15 is 0 Å². The lowest BCUT2D eigenvalue weighted by atomic mass is 9.73. The molecule has 0 saturated carbocycles. The summed E-state index contributed by atoms with van der Waals surface area (Å²) in [5, 5.41) is 0. The quantitative estimate of drug-likeness (QED) is 0.830. The molecule has 152 valence electrons. The number of primary amides is 1. The van der Waals surface area contributed by atoms with Crippen LogP contribution in [0.1, 0.15) is 39.2 Å². The molecule has 1 fully saturated rings. The number of hydrogen-bond donors (Lipinski definition) is 1. The predicted octanol–water partition coefficient (Wildman–Crippen LogP) is 2.07. The van der Waals surface area contributed by atoms with Crippen molar-refractivity contribution in [3.8, 4) is 0 Å². The molecule has 0 radical (unpaired) electrons. The molecule has 1 aromatic carbocycles. The Kier molecular flexibility index (Phi) is 4.81. The highest BCUT2D eigenvalue weighted by Crippen LogP contribution is 2.49. The van der Waals surface area contributed by atoms with Crippen molar-refractivity contribution in [3.05, 3.63) is 29.3 Å². The Labute approximate surface area is 161 Å². The molecule has 0 aliphatic carbocycles. The number of nitrogens with two attached hydrogens (primary N) is 1. The van der Waals surface area contributed by atoms with Crippen LogP contribution in [0.25, 0.3) is 0 Å². The lowest BCUT2D eigenvalue weighted by molar-refractivity contribution is -0.126. The van der Waals surface area contributed by atoms with Gasteiger partial charge in [-0.05, 0) is 39.7 Å². The smallest absolute Gasteiger partial charge is 0.410 e. The molecule has 1 spiro atoms. The maximum atomic E-state index is 14.7. The van der Waals surface area contributed by atoms with E-state index in [1.54, 1.807) is 20.8 Å². The average Bonchev–Trinajstić information content (AvgIpc) is 2.76. The summed E-state index contributed by atoms with van der Waals surface area (Å²) in [4.78, 5) is 39.3. The van der Waals surface area contributed by atoms with E-state index in [0.717, 1.165) is 17.0 Å². The van der Waals surface area contributed by atoms with E-state index < -0.39 is 47.1 Å². The normalized spacial score (nSPS) is 18.4. The maximum absolute atomic E-state index is 14.7. The molecule has 2 aliphatic heterocycles. The van der Waals surface area contributed by atoms with Crippen LogP contribution in [-0.4, -0.2) is 48.0 Å². The zero-order valence-corrected chi connectivity index (χ0v) is 16.1. The Morgan fingerprint density at radius 3 is 2.36 bits per heavy atom. The van der Waals surface area contributed by atoms with Crippen molar-refractivity contribution in [2.45, 2.75) is 44.6 Å². The number of anilines is 1. The number of benzene rings is 1. The summed E-state index contributed by atoms with van der Waals surface area (Å²) in [5.74, 6) is -2.98. The fourth-order valence-electron chi connectivity index (χ4n) is 3.90. The number of rotatable bonds is 2. The molecule has 7 nitrogen and oxygen atoms in total. The van der Waals surface area contributed by atoms with Crippen LogP contribution in [0, 0.1) is 11.6 Å². The third-order valence-corrected chi connectivity index (χ3v) is 5.04. The Hall–Kier alpha value is -2.71. The molecule has 3 rings (SSSR count). The third-order valence-electron chi connectivity index (χ3n) is 5.04. The van der Waals surface area contributed by atoms with Crippen LogP contribution >= 0.6 is 0 Å². The van der Waals surface area contributed by atoms with Crippen molar-refractivity contribution in [2.75, 3.05) is 24.5 Å². The van der Waals surface area contributed by atoms with Crippen molar-refractivity contribution in [2.24, 2.45) is 5.73 Å². The molecule has 0 aromatic heterocycles. The number of halogens is 2. The Morgan fingerprint density at radius 1 is 1.21 bits per heavy atom. The van der Waals surface area contributed by atoms with Crippen molar-refractivity contribution >= 4 is 23.6 Å². The van der Waals surface area contributed by atoms with Crippen molar-refractivity contribution in [3.63, 3.8) is 0 Å². The van der Waals surface area contributed by atoms with Gasteiger partial charge < -0.3 is 20.3 Å². The minimum absolute atomic E-state index is 0.0204. The lowest BCUT2D eigenvalue weighted by Gasteiger charge is -2.38. The zero-order chi connectivity index (χ0) is 20.9. The number of amides is 3. The van der Waals surface area contributed by atoms with E-state index in [1.165, 1.54) is 4.90 Å². The first-order chi connectivity index (χ1) is 12.9. The van der Waals surface area contributed by atoms with Gasteiger partial charge in [-0.3, -0.25) is 9.59 Å². The number of piperidine rings is 1. The first-order valence-electron chi connectivity index (χ1n) is 9.02. The van der Waals surface area contributed by atoms with E-state index in [4.69, 9.17) is 10.5 Å². The monoisotopic (exact) mass is 395 g/mol. The first-order valence-corrected chi connectivity index (χ1v) is 9.02. The first kappa shape index (κ1) is 20.0. The van der Waals surface area contributed by atoms with E-state index in [9.17, 15) is 23.2 Å². The van der Waals surface area contributed by atoms with Crippen LogP contribution in [0.5, 0.6) is 0 Å². The summed E-state index contributed by atoms with van der Waals surface area (Å²) in [5.41, 5.74) is 3.37. The summed E-state index contributed by atoms with van der Waals surface area (Å²) in [6.07, 6.45) is -0.243. The Morgan fingerprint density at radius 2 is 1.82 bits per heavy atom. The second kappa shape index (κ2) is 6.72. The lowest BCUT2D eigenvalue weighted by Crippen LogP contribution is -2.52. The standard InChI is InChI=1S/C19H23F2N3O4/c1-18(2,3)28-17(27)23-6-4-19(5-7-23)15-12(21)8-11(20)9-13(15)24(16(19)26)10-14(22)25/h8-9H,4-7,10H2,1-3H3,(H2,22,25). The van der Waals surface area contributed by atoms with Crippen molar-refractivity contribution < 1.29 is 27.9 Å². The molecular weight excluding hydrogens is 372 g/mol. The van der Waals surface area contributed by atoms with Gasteiger partial charge in [-0.1, -0.05) is 0 Å². The van der Waals surface area contributed by atoms with Gasteiger partial charge in [0, 0.05) is 24.7 Å². The van der Waals surface area contributed by atoms with Gasteiger partial charge in [-0.15, -0.1) is 0 Å². The largest absolute Gasteiger partial charge is 0.444 e. The Balaban J connectivity index is 1.92. The fraction of sp³-hybridized carbons (Fsp3) is 0.526. The van der Waals surface area contributed by atoms with Crippen LogP contribution in [0.2, 0.25) is 0 Å². The SMILES string of the molecule is CC(C)(C)OC(=O)N1CCC2(CC1)C(=O)N(CC(N)=O)c1cc(F)cc(F)c12. The molecule has 2 N–H and O–H groups in total. The van der Waals surface area contributed by atoms with Gasteiger partial charge in [0.2, 0.25) is 11.8 Å². The zero-order valence-electron chi connectivity index (χ0n) is 16.1. The topological polar surface area (TPSA) is 92.9 Å². The number of hydrogen-bond acceptors (Lipinski definition) is 4. The van der Waals surface area contributed by atoms with Gasteiger partial charge in [0.05, 0.1) is 11.1 Å². The molecule has 2 heterocycles. The second-order valence-electron chi connectivity index (χ2n) is 8.19. The number of carbonyl (C=O) groups excluding carboxylic acids is 3. The number of likely N-dealkylation sites (tertiary alicyclic amines) is 1. The highest BCUT2D eigenvalue weighted by molar-refractivity contribution is 6.10. The van der Waals surface area contributed by atoms with Crippen LogP contribution in [0.4, 0.5) is 19.3 Å². The van der Waals surface area contributed by atoms with Gasteiger partial charge in [-0.2, -0.15) is 0 Å². The summed E-state index contributed by atoms with van der Waals surface area (Å²) in [6.45, 7) is 5.12. The van der Waals surface area contributed by atoms with E-state index in [0.29, 0.717) is 0 Å². The van der Waals surface area contributed by atoms with Crippen LogP contribution < -0.4 is 10.6 Å². The molecule has 0 unspecified atom stereocenters. The minimum atomic E-state index is -1.26. The van der Waals surface area contributed by atoms with Gasteiger partial charge in [-0.25, -0.2) is 13.6 Å². The summed E-state index contributed by atoms with van der Waals surface area (Å²) >= 11 is 0. The van der Waals surface area contributed by atoms with Crippen molar-refractivity contribution in [1.29, 1.82) is 0 Å². The number of carbonyl (C=O) groups is 3. The van der Waals surface area contributed by atoms with Crippen LogP contribution in [0.15, 0.2) is 12.1 Å². The molecule has 0 atom stereocenters. The Bertz CT molecular complexity index is 842. The number of nitrogens with zero attached hydrogens (tertiary/aromatic N) is 2. The molecule has 0 bridgehead atoms. The van der Waals surface area contributed by atoms with E-state index in [1.807, 2.05) is 0 Å². The molecule has 1 saturated heterocycles. The predicted molar refractivity (Wildman–Crippen MR) is 96.6 cm³/mol. The van der Waals surface area contributed by atoms with Crippen LogP contribution in [-0.2, 0) is 19.7 Å². The van der Waals surface area contributed by atoms with E-state index in [-0.39, 0.29) is 37.2 Å². The summed E-state index contributed by atoms with van der Waals surface area (Å²) < 4.78 is 33.8. The van der Waals surface area contributed by atoms with E-state index in [2.05, 4.69) is 0 Å². The molecular formula is C19H23F2N3O4. The van der Waals surface area contributed by atoms with Gasteiger partial charge in [0.1, 0.15) is 23.8 Å². The molecule has 9 heteroatoms. The highest BCUT2D eigenvalue weighted by Gasteiger charge is 2.54. The number of ether oxygens (including phenoxy) is 1.